The van der Waals surface area contributed by atoms with Crippen molar-refractivity contribution in [1.29, 1.82) is 0 Å². The normalized spacial score (nSPS) is 11.0. The highest BCUT2D eigenvalue weighted by Gasteiger charge is 2.17. The largest absolute Gasteiger partial charge is 0.380 e. The number of amides is 1. The molecule has 0 aliphatic carbocycles. The van der Waals surface area contributed by atoms with Crippen molar-refractivity contribution in [2.75, 3.05) is 19.8 Å². The number of ether oxygens (including phenoxy) is 1. The molecule has 190 valence electrons. The van der Waals surface area contributed by atoms with E-state index in [1.165, 1.54) is 0 Å². The van der Waals surface area contributed by atoms with Crippen LogP contribution in [0.5, 0.6) is 0 Å². The second kappa shape index (κ2) is 12.4. The number of hydrogen-bond acceptors (Lipinski definition) is 4. The summed E-state index contributed by atoms with van der Waals surface area (Å²) in [7, 11) is 0. The lowest BCUT2D eigenvalue weighted by Crippen LogP contribution is -2.27. The summed E-state index contributed by atoms with van der Waals surface area (Å²) in [6, 6.07) is 22.1. The molecule has 0 saturated carbocycles. The molecule has 4 aromatic rings. The number of Topliss-reactive ketones (excluding diaryl/α,β-unsaturated/α-hetero) is 1. The Morgan fingerprint density at radius 2 is 1.70 bits per heavy atom. The highest BCUT2D eigenvalue weighted by molar-refractivity contribution is 6.02. The van der Waals surface area contributed by atoms with Crippen molar-refractivity contribution >= 4 is 22.6 Å². The minimum Gasteiger partial charge on any atom is -0.380 e. The van der Waals surface area contributed by atoms with Crippen molar-refractivity contribution in [3.05, 3.63) is 101 Å². The van der Waals surface area contributed by atoms with Gasteiger partial charge in [0.2, 0.25) is 0 Å². The first-order valence-corrected chi connectivity index (χ1v) is 13.0. The summed E-state index contributed by atoms with van der Waals surface area (Å²) >= 11 is 0. The lowest BCUT2D eigenvalue weighted by atomic mass is 9.90. The average Bonchev–Trinajstić information content (AvgIpc) is 2.93. The summed E-state index contributed by atoms with van der Waals surface area (Å²) < 4.78 is 5.43. The number of ketones is 1. The zero-order valence-corrected chi connectivity index (χ0v) is 21.8. The fourth-order valence-corrected chi connectivity index (χ4v) is 4.52. The maximum absolute atomic E-state index is 12.8. The molecule has 0 radical (unpaired) electrons. The maximum Gasteiger partial charge on any atom is 0.251 e. The number of fused-ring (bicyclic) bond motifs is 1. The van der Waals surface area contributed by atoms with Crippen LogP contribution in [0.25, 0.3) is 22.0 Å². The molecule has 1 N–H and O–H groups in total. The molecule has 0 aliphatic heterocycles. The molecule has 3 aromatic carbocycles. The number of rotatable bonds is 11. The van der Waals surface area contributed by atoms with Crippen LogP contribution < -0.4 is 5.32 Å². The van der Waals surface area contributed by atoms with Crippen molar-refractivity contribution in [2.24, 2.45) is 0 Å². The van der Waals surface area contributed by atoms with Crippen molar-refractivity contribution in [3.8, 4) is 11.1 Å². The summed E-state index contributed by atoms with van der Waals surface area (Å²) in [5.41, 5.74) is 7.49. The molecule has 1 aromatic heterocycles. The molecule has 5 nitrogen and oxygen atoms in total. The number of benzene rings is 3. The average molecular weight is 495 g/mol. The Morgan fingerprint density at radius 1 is 0.946 bits per heavy atom. The van der Waals surface area contributed by atoms with Crippen LogP contribution in [0, 0.1) is 6.92 Å². The molecule has 0 bridgehead atoms. The third-order valence-electron chi connectivity index (χ3n) is 6.51. The van der Waals surface area contributed by atoms with Crippen LogP contribution >= 0.6 is 0 Å². The van der Waals surface area contributed by atoms with E-state index < -0.39 is 0 Å². The third kappa shape index (κ3) is 6.30. The van der Waals surface area contributed by atoms with Gasteiger partial charge in [0.1, 0.15) is 0 Å². The van der Waals surface area contributed by atoms with Crippen LogP contribution in [0.15, 0.2) is 72.9 Å². The van der Waals surface area contributed by atoms with Gasteiger partial charge in [-0.05, 0) is 71.8 Å². The highest BCUT2D eigenvalue weighted by atomic mass is 16.5. The molecule has 0 spiro atoms. The van der Waals surface area contributed by atoms with E-state index in [1.807, 2.05) is 49.4 Å². The molecule has 5 heteroatoms. The van der Waals surface area contributed by atoms with Gasteiger partial charge in [0, 0.05) is 42.3 Å². The maximum atomic E-state index is 12.8. The van der Waals surface area contributed by atoms with Crippen LogP contribution in [0.3, 0.4) is 0 Å². The zero-order chi connectivity index (χ0) is 26.2. The molecule has 1 amide bonds. The van der Waals surface area contributed by atoms with Gasteiger partial charge in [-0.15, -0.1) is 0 Å². The van der Waals surface area contributed by atoms with Crippen LogP contribution in [0.2, 0.25) is 0 Å². The first-order chi connectivity index (χ1) is 18.0. The number of carbonyl (C=O) groups excluding carboxylic acids is 2. The molecular weight excluding hydrogens is 460 g/mol. The summed E-state index contributed by atoms with van der Waals surface area (Å²) in [5, 5.41) is 3.89. The Hall–Kier alpha value is -3.83. The number of nitrogens with zero attached hydrogens (tertiary/aromatic N) is 1. The van der Waals surface area contributed by atoms with Crippen molar-refractivity contribution in [2.45, 2.75) is 40.0 Å². The van der Waals surface area contributed by atoms with Gasteiger partial charge < -0.3 is 10.1 Å². The van der Waals surface area contributed by atoms with E-state index in [2.05, 4.69) is 48.4 Å². The number of aromatic nitrogens is 1. The van der Waals surface area contributed by atoms with Crippen molar-refractivity contribution in [1.82, 2.24) is 10.3 Å². The monoisotopic (exact) mass is 494 g/mol. The Labute approximate surface area is 218 Å². The Morgan fingerprint density at radius 3 is 2.41 bits per heavy atom. The standard InChI is InChI=1S/C32H34N2O3/c1-4-16-37-17-15-33-32(36)25-13-11-24(12-14-25)26-20-28-27(19-23-9-7-6-8-10-23)29(31(35)5-2)21-34-30(28)18-22(26)3/h6-14,18,20-21H,4-5,15-17,19H2,1-3H3,(H,33,36). The van der Waals surface area contributed by atoms with Crippen LogP contribution in [-0.4, -0.2) is 36.4 Å². The number of pyridine rings is 1. The predicted octanol–water partition coefficient (Wildman–Crippen LogP) is 6.55. The van der Waals surface area contributed by atoms with E-state index in [9.17, 15) is 9.59 Å². The molecule has 1 heterocycles. The highest BCUT2D eigenvalue weighted by Crippen LogP contribution is 2.32. The van der Waals surface area contributed by atoms with Crippen LogP contribution in [-0.2, 0) is 11.2 Å². The van der Waals surface area contributed by atoms with Gasteiger partial charge in [0.15, 0.2) is 5.78 Å². The Kier molecular flexibility index (Phi) is 8.81. The van der Waals surface area contributed by atoms with E-state index in [4.69, 9.17) is 4.74 Å². The summed E-state index contributed by atoms with van der Waals surface area (Å²) in [5.74, 6) is -0.0168. The first kappa shape index (κ1) is 26.2. The molecule has 0 atom stereocenters. The lowest BCUT2D eigenvalue weighted by Gasteiger charge is -2.15. The number of nitrogens with one attached hydrogen (secondary N) is 1. The van der Waals surface area contributed by atoms with Gasteiger partial charge in [-0.1, -0.05) is 56.3 Å². The molecule has 0 unspecified atom stereocenters. The number of aryl methyl sites for hydroxylation is 1. The molecule has 0 aliphatic rings. The third-order valence-corrected chi connectivity index (χ3v) is 6.51. The van der Waals surface area contributed by atoms with Gasteiger partial charge in [-0.2, -0.15) is 0 Å². The van der Waals surface area contributed by atoms with Crippen molar-refractivity contribution < 1.29 is 14.3 Å². The SMILES string of the molecule is CCCOCCNC(=O)c1ccc(-c2cc3c(Cc4ccccc4)c(C(=O)CC)cnc3cc2C)cc1. The first-order valence-electron chi connectivity index (χ1n) is 13.0. The minimum absolute atomic E-state index is 0.0953. The van der Waals surface area contributed by atoms with Gasteiger partial charge in [-0.25, -0.2) is 0 Å². The molecule has 0 saturated heterocycles. The predicted molar refractivity (Wildman–Crippen MR) is 149 cm³/mol. The summed E-state index contributed by atoms with van der Waals surface area (Å²) in [6.07, 6.45) is 3.78. The van der Waals surface area contributed by atoms with E-state index in [0.717, 1.165) is 45.1 Å². The summed E-state index contributed by atoms with van der Waals surface area (Å²) in [4.78, 5) is 30.0. The Bertz CT molecular complexity index is 1380. The van der Waals surface area contributed by atoms with Gasteiger partial charge in [-0.3, -0.25) is 14.6 Å². The fourth-order valence-electron chi connectivity index (χ4n) is 4.52. The van der Waals surface area contributed by atoms with E-state index in [-0.39, 0.29) is 11.7 Å². The van der Waals surface area contributed by atoms with Gasteiger partial charge in [0.25, 0.3) is 5.91 Å². The fraction of sp³-hybridized carbons (Fsp3) is 0.281. The number of hydrogen-bond donors (Lipinski definition) is 1. The minimum atomic E-state index is -0.112. The molecule has 37 heavy (non-hydrogen) atoms. The van der Waals surface area contributed by atoms with Crippen LogP contribution in [0.1, 0.15) is 64.1 Å². The topological polar surface area (TPSA) is 68.3 Å². The van der Waals surface area contributed by atoms with Gasteiger partial charge >= 0.3 is 0 Å². The molecular formula is C32H34N2O3. The quantitative estimate of drug-likeness (QED) is 0.190. The van der Waals surface area contributed by atoms with Crippen molar-refractivity contribution in [3.63, 3.8) is 0 Å². The number of carbonyl (C=O) groups is 2. The Balaban J connectivity index is 1.67. The molecule has 0 fully saturated rings. The zero-order valence-electron chi connectivity index (χ0n) is 21.8. The molecule has 4 rings (SSSR count). The van der Waals surface area contributed by atoms with Gasteiger partial charge in [0.05, 0.1) is 12.1 Å². The van der Waals surface area contributed by atoms with Crippen LogP contribution in [0.4, 0.5) is 0 Å². The second-order valence-corrected chi connectivity index (χ2v) is 9.22. The van der Waals surface area contributed by atoms with E-state index in [0.29, 0.717) is 43.7 Å². The van der Waals surface area contributed by atoms with E-state index in [1.54, 1.807) is 6.20 Å². The lowest BCUT2D eigenvalue weighted by molar-refractivity contribution is 0.0915. The van der Waals surface area contributed by atoms with E-state index >= 15 is 0 Å². The summed E-state index contributed by atoms with van der Waals surface area (Å²) in [6.45, 7) is 7.70. The smallest absolute Gasteiger partial charge is 0.251 e. The second-order valence-electron chi connectivity index (χ2n) is 9.22.